The Morgan fingerprint density at radius 1 is 1.13 bits per heavy atom. The molecule has 2 aromatic carbocycles. The average Bonchev–Trinajstić information content (AvgIpc) is 2.68. The van der Waals surface area contributed by atoms with Gasteiger partial charge in [0.15, 0.2) is 0 Å². The van der Waals surface area contributed by atoms with Gasteiger partial charge in [-0.2, -0.15) is 13.2 Å². The van der Waals surface area contributed by atoms with E-state index < -0.39 is 17.8 Å². The molecule has 8 heteroatoms. The van der Waals surface area contributed by atoms with Crippen molar-refractivity contribution in [1.29, 1.82) is 0 Å². The van der Waals surface area contributed by atoms with E-state index in [1.807, 2.05) is 32.9 Å². The molecular weight excluding hydrogens is 407 g/mol. The van der Waals surface area contributed by atoms with E-state index in [1.54, 1.807) is 0 Å². The quantitative estimate of drug-likeness (QED) is 0.552. The first-order valence-corrected chi connectivity index (χ1v) is 9.95. The molecular formula is C23H24F3N3O2. The van der Waals surface area contributed by atoms with Crippen LogP contribution in [0.1, 0.15) is 35.6 Å². The molecule has 0 radical (unpaired) electrons. The van der Waals surface area contributed by atoms with Crippen LogP contribution in [-0.2, 0) is 12.7 Å². The van der Waals surface area contributed by atoms with Crippen LogP contribution >= 0.6 is 0 Å². The van der Waals surface area contributed by atoms with Crippen LogP contribution in [0, 0.1) is 13.8 Å². The van der Waals surface area contributed by atoms with E-state index in [9.17, 15) is 22.8 Å². The van der Waals surface area contributed by atoms with Crippen molar-refractivity contribution >= 4 is 22.6 Å². The van der Waals surface area contributed by atoms with Crippen LogP contribution in [0.25, 0.3) is 10.9 Å². The van der Waals surface area contributed by atoms with Crippen molar-refractivity contribution in [2.45, 2.75) is 39.9 Å². The van der Waals surface area contributed by atoms with Gasteiger partial charge in [-0.1, -0.05) is 24.6 Å². The summed E-state index contributed by atoms with van der Waals surface area (Å²) in [5, 5.41) is 3.38. The summed E-state index contributed by atoms with van der Waals surface area (Å²) in [6.45, 7) is 6.28. The summed E-state index contributed by atoms with van der Waals surface area (Å²) < 4.78 is 38.9. The van der Waals surface area contributed by atoms with Crippen molar-refractivity contribution < 1.29 is 18.0 Å². The summed E-state index contributed by atoms with van der Waals surface area (Å²) in [6.07, 6.45) is -3.85. The summed E-state index contributed by atoms with van der Waals surface area (Å²) in [5.41, 5.74) is 2.28. The summed E-state index contributed by atoms with van der Waals surface area (Å²) in [5.74, 6) is 0. The molecule has 2 N–H and O–H groups in total. The molecule has 1 aromatic heterocycles. The van der Waals surface area contributed by atoms with Crippen molar-refractivity contribution in [3.05, 3.63) is 75.1 Å². The molecule has 0 saturated heterocycles. The number of carbonyl (C=O) groups excluding carboxylic acids is 1. The van der Waals surface area contributed by atoms with Gasteiger partial charge < -0.3 is 15.2 Å². The highest BCUT2D eigenvalue weighted by Crippen LogP contribution is 2.31. The first-order chi connectivity index (χ1) is 14.6. The third-order valence-corrected chi connectivity index (χ3v) is 4.96. The maximum absolute atomic E-state index is 13.0. The second-order valence-corrected chi connectivity index (χ2v) is 7.59. The zero-order valence-corrected chi connectivity index (χ0v) is 17.6. The van der Waals surface area contributed by atoms with Gasteiger partial charge >= 0.3 is 12.2 Å². The molecule has 0 aliphatic carbocycles. The van der Waals surface area contributed by atoms with Gasteiger partial charge in [0.25, 0.3) is 0 Å². The molecule has 5 nitrogen and oxygen atoms in total. The molecule has 0 aliphatic heterocycles. The lowest BCUT2D eigenvalue weighted by Gasteiger charge is -2.24. The maximum Gasteiger partial charge on any atom is 0.416 e. The lowest BCUT2D eigenvalue weighted by atomic mass is 10.0. The van der Waals surface area contributed by atoms with Crippen molar-refractivity contribution in [3.8, 4) is 0 Å². The maximum atomic E-state index is 13.0. The Morgan fingerprint density at radius 2 is 1.87 bits per heavy atom. The largest absolute Gasteiger partial charge is 0.416 e. The number of hydrogen-bond acceptors (Lipinski definition) is 2. The fraction of sp³-hybridized carbons (Fsp3) is 0.304. The molecule has 0 fully saturated rings. The van der Waals surface area contributed by atoms with Crippen LogP contribution in [0.2, 0.25) is 0 Å². The van der Waals surface area contributed by atoms with Crippen molar-refractivity contribution in [3.63, 3.8) is 0 Å². The van der Waals surface area contributed by atoms with Crippen LogP contribution in [0.4, 0.5) is 23.7 Å². The zero-order chi connectivity index (χ0) is 22.8. The summed E-state index contributed by atoms with van der Waals surface area (Å²) >= 11 is 0. The number of urea groups is 1. The molecule has 2 amide bonds. The minimum Gasteiger partial charge on any atom is -0.322 e. The Bertz CT molecular complexity index is 1170. The smallest absolute Gasteiger partial charge is 0.322 e. The third-order valence-electron chi connectivity index (χ3n) is 4.96. The number of benzene rings is 2. The van der Waals surface area contributed by atoms with E-state index in [0.717, 1.165) is 28.6 Å². The number of aryl methyl sites for hydroxylation is 2. The van der Waals surface area contributed by atoms with Gasteiger partial charge in [-0.25, -0.2) is 4.79 Å². The van der Waals surface area contributed by atoms with E-state index in [2.05, 4.69) is 10.3 Å². The Morgan fingerprint density at radius 3 is 2.55 bits per heavy atom. The number of anilines is 1. The van der Waals surface area contributed by atoms with E-state index in [-0.39, 0.29) is 17.8 Å². The minimum atomic E-state index is -4.50. The van der Waals surface area contributed by atoms with Gasteiger partial charge in [-0.15, -0.1) is 0 Å². The Balaban J connectivity index is 1.92. The number of amides is 2. The molecule has 0 aliphatic rings. The highest BCUT2D eigenvalue weighted by atomic mass is 19.4. The van der Waals surface area contributed by atoms with E-state index in [4.69, 9.17) is 0 Å². The second kappa shape index (κ2) is 8.83. The number of aromatic amines is 1. The number of halogens is 3. The van der Waals surface area contributed by atoms with E-state index in [0.29, 0.717) is 24.0 Å². The number of carbonyl (C=O) groups is 1. The second-order valence-electron chi connectivity index (χ2n) is 7.59. The molecule has 3 aromatic rings. The van der Waals surface area contributed by atoms with Crippen molar-refractivity contribution in [1.82, 2.24) is 9.88 Å². The lowest BCUT2D eigenvalue weighted by molar-refractivity contribution is -0.137. The summed E-state index contributed by atoms with van der Waals surface area (Å²) in [4.78, 5) is 29.4. The lowest BCUT2D eigenvalue weighted by Crippen LogP contribution is -2.35. The molecule has 164 valence electrons. The number of fused-ring (bicyclic) bond motifs is 1. The highest BCUT2D eigenvalue weighted by Gasteiger charge is 2.30. The number of alkyl halides is 3. The Hall–Kier alpha value is -3.29. The molecule has 0 bridgehead atoms. The number of rotatable bonds is 5. The van der Waals surface area contributed by atoms with Gasteiger partial charge in [0.05, 0.1) is 11.1 Å². The number of aromatic nitrogens is 1. The number of hydrogen-bond donors (Lipinski definition) is 2. The number of pyridine rings is 1. The molecule has 0 unspecified atom stereocenters. The standard InChI is InChI=1S/C23H24F3N3O2/c1-4-8-29(22(31)27-18-7-5-6-17(12-18)23(24,25)26)13-16-11-20(30)28-21-15(3)9-14(2)10-19(16)21/h5-7,9-12H,4,8,13H2,1-3H3,(H,27,31)(H,28,30). The SMILES string of the molecule is CCCN(Cc1cc(=O)[nH]c2c(C)cc(C)cc12)C(=O)Nc1cccc(C(F)(F)F)c1. The van der Waals surface area contributed by atoms with Gasteiger partial charge in [0.1, 0.15) is 0 Å². The van der Waals surface area contributed by atoms with Gasteiger partial charge in [-0.05, 0) is 55.7 Å². The number of H-pyrrole nitrogens is 1. The summed E-state index contributed by atoms with van der Waals surface area (Å²) in [7, 11) is 0. The normalized spacial score (nSPS) is 11.5. The minimum absolute atomic E-state index is 0.0587. The van der Waals surface area contributed by atoms with Gasteiger partial charge in [-0.3, -0.25) is 4.79 Å². The predicted molar refractivity (Wildman–Crippen MR) is 115 cm³/mol. The van der Waals surface area contributed by atoms with Crippen molar-refractivity contribution in [2.24, 2.45) is 0 Å². The predicted octanol–water partition coefficient (Wildman–Crippen LogP) is 5.61. The van der Waals surface area contributed by atoms with Crippen LogP contribution < -0.4 is 10.9 Å². The van der Waals surface area contributed by atoms with Gasteiger partial charge in [0.2, 0.25) is 5.56 Å². The van der Waals surface area contributed by atoms with Gasteiger partial charge in [0, 0.05) is 30.2 Å². The molecule has 3 rings (SSSR count). The van der Waals surface area contributed by atoms with E-state index in [1.165, 1.54) is 23.1 Å². The zero-order valence-electron chi connectivity index (χ0n) is 17.6. The van der Waals surface area contributed by atoms with Crippen LogP contribution in [0.3, 0.4) is 0 Å². The molecule has 1 heterocycles. The molecule has 0 saturated carbocycles. The fourth-order valence-corrected chi connectivity index (χ4v) is 3.62. The molecule has 0 spiro atoms. The molecule has 0 atom stereocenters. The van der Waals surface area contributed by atoms with Crippen LogP contribution in [0.5, 0.6) is 0 Å². The monoisotopic (exact) mass is 431 g/mol. The first kappa shape index (κ1) is 22.4. The number of nitrogens with zero attached hydrogens (tertiary/aromatic N) is 1. The summed E-state index contributed by atoms with van der Waals surface area (Å²) in [6, 6.07) is 9.35. The van der Waals surface area contributed by atoms with Crippen LogP contribution in [0.15, 0.2) is 47.3 Å². The highest BCUT2D eigenvalue weighted by molar-refractivity contribution is 5.90. The topological polar surface area (TPSA) is 65.2 Å². The average molecular weight is 431 g/mol. The first-order valence-electron chi connectivity index (χ1n) is 9.95. The Labute approximate surface area is 177 Å². The van der Waals surface area contributed by atoms with E-state index >= 15 is 0 Å². The van der Waals surface area contributed by atoms with Crippen molar-refractivity contribution in [2.75, 3.05) is 11.9 Å². The fourth-order valence-electron chi connectivity index (χ4n) is 3.62. The Kier molecular flexibility index (Phi) is 6.38. The molecule has 31 heavy (non-hydrogen) atoms. The van der Waals surface area contributed by atoms with Crippen LogP contribution in [-0.4, -0.2) is 22.5 Å². The third kappa shape index (κ3) is 5.25. The number of nitrogens with one attached hydrogen (secondary N) is 2.